The highest BCUT2D eigenvalue weighted by Crippen LogP contribution is 2.44. The Morgan fingerprint density at radius 3 is 2.45 bits per heavy atom. The number of hydrogen-bond acceptors (Lipinski definition) is 7. The molecule has 11 heteroatoms. The number of aryl methyl sites for hydroxylation is 1. The van der Waals surface area contributed by atoms with Crippen LogP contribution >= 0.6 is 7.82 Å². The van der Waals surface area contributed by atoms with Crippen LogP contribution in [0.3, 0.4) is 0 Å². The lowest BCUT2D eigenvalue weighted by atomic mass is 10.1. The van der Waals surface area contributed by atoms with Crippen LogP contribution in [0.25, 0.3) is 0 Å². The normalized spacial score (nSPS) is 15.2. The zero-order valence-corrected chi connectivity index (χ0v) is 19.3. The number of hydrogen-bond donors (Lipinski definition) is 4. The van der Waals surface area contributed by atoms with Crippen LogP contribution in [0.2, 0.25) is 0 Å². The van der Waals surface area contributed by atoms with Gasteiger partial charge in [-0.2, -0.15) is 0 Å². The van der Waals surface area contributed by atoms with Crippen LogP contribution in [-0.4, -0.2) is 74.1 Å². The number of nitrogens with two attached hydrogens (primary N) is 1. The van der Waals surface area contributed by atoms with Crippen LogP contribution in [-0.2, 0) is 29.6 Å². The standard InChI is InChI=1S/C20H35N4O6P/c1-16(21)20(26)23-15-18(30-31(27,28)29-13-12-24(2)3)14-22-19(25)11-7-10-17-8-5-4-6-9-17/h4-6,8-9,16,18H,7,10-15,21H2,1-3H3,(H,22,25)(H,23,26)(H,27,28)/t16-,18?/m1/s1. The van der Waals surface area contributed by atoms with Gasteiger partial charge in [0.15, 0.2) is 0 Å². The summed E-state index contributed by atoms with van der Waals surface area (Å²) in [6.07, 6.45) is 0.763. The van der Waals surface area contributed by atoms with Gasteiger partial charge in [0.05, 0.1) is 12.6 Å². The molecule has 1 rings (SSSR count). The molecule has 0 bridgehead atoms. The van der Waals surface area contributed by atoms with Gasteiger partial charge in [-0.05, 0) is 39.4 Å². The largest absolute Gasteiger partial charge is 0.472 e. The van der Waals surface area contributed by atoms with Crippen molar-refractivity contribution < 1.29 is 28.1 Å². The van der Waals surface area contributed by atoms with E-state index in [1.165, 1.54) is 6.92 Å². The third kappa shape index (κ3) is 13.3. The van der Waals surface area contributed by atoms with Gasteiger partial charge >= 0.3 is 7.82 Å². The Labute approximate surface area is 184 Å². The first-order chi connectivity index (χ1) is 14.6. The second kappa shape index (κ2) is 14.3. The molecule has 0 aliphatic carbocycles. The number of carbonyl (C=O) groups excluding carboxylic acids is 2. The van der Waals surface area contributed by atoms with E-state index in [-0.39, 0.29) is 25.6 Å². The maximum absolute atomic E-state index is 12.2. The average molecular weight is 458 g/mol. The van der Waals surface area contributed by atoms with Crippen molar-refractivity contribution in [3.8, 4) is 0 Å². The van der Waals surface area contributed by atoms with Gasteiger partial charge in [-0.25, -0.2) is 4.57 Å². The Kier molecular flexibility index (Phi) is 12.5. The summed E-state index contributed by atoms with van der Waals surface area (Å²) in [4.78, 5) is 35.6. The van der Waals surface area contributed by atoms with Crippen molar-refractivity contribution >= 4 is 19.6 Å². The molecule has 10 nitrogen and oxygen atoms in total. The Hall–Kier alpha value is -1.81. The summed E-state index contributed by atoms with van der Waals surface area (Å²) in [5.41, 5.74) is 6.66. The van der Waals surface area contributed by atoms with Crippen LogP contribution in [0.1, 0.15) is 25.3 Å². The summed E-state index contributed by atoms with van der Waals surface area (Å²) < 4.78 is 22.3. The lowest BCUT2D eigenvalue weighted by Crippen LogP contribution is -2.45. The van der Waals surface area contributed by atoms with E-state index in [4.69, 9.17) is 14.8 Å². The van der Waals surface area contributed by atoms with Crippen molar-refractivity contribution in [2.24, 2.45) is 5.73 Å². The molecule has 0 radical (unpaired) electrons. The molecule has 0 saturated carbocycles. The Balaban J connectivity index is 2.52. The summed E-state index contributed by atoms with van der Waals surface area (Å²) in [5, 5.41) is 5.21. The van der Waals surface area contributed by atoms with E-state index < -0.39 is 25.9 Å². The highest BCUT2D eigenvalue weighted by atomic mass is 31.2. The highest BCUT2D eigenvalue weighted by molar-refractivity contribution is 7.47. The number of phosphoric ester groups is 1. The number of amides is 2. The first kappa shape index (κ1) is 27.2. The maximum atomic E-state index is 12.2. The van der Waals surface area contributed by atoms with E-state index in [0.29, 0.717) is 19.4 Å². The number of likely N-dealkylation sites (N-methyl/N-ethyl adjacent to an activating group) is 1. The van der Waals surface area contributed by atoms with E-state index in [9.17, 15) is 19.0 Å². The molecule has 31 heavy (non-hydrogen) atoms. The fourth-order valence-electron chi connectivity index (χ4n) is 2.49. The van der Waals surface area contributed by atoms with Crippen molar-refractivity contribution in [2.75, 3.05) is 40.3 Å². The van der Waals surface area contributed by atoms with E-state index in [2.05, 4.69) is 10.6 Å². The second-order valence-corrected chi connectivity index (χ2v) is 8.92. The molecule has 176 valence electrons. The lowest BCUT2D eigenvalue weighted by Gasteiger charge is -2.22. The SMILES string of the molecule is C[C@@H](N)C(=O)NCC(CNC(=O)CCCc1ccccc1)OP(=O)(O)OCCN(C)C. The van der Waals surface area contributed by atoms with Gasteiger partial charge in [-0.3, -0.25) is 18.6 Å². The van der Waals surface area contributed by atoms with Gasteiger partial charge in [0.25, 0.3) is 0 Å². The minimum Gasteiger partial charge on any atom is -0.353 e. The van der Waals surface area contributed by atoms with Crippen molar-refractivity contribution in [1.82, 2.24) is 15.5 Å². The minimum absolute atomic E-state index is 0.00840. The molecule has 1 aromatic carbocycles. The number of benzene rings is 1. The monoisotopic (exact) mass is 458 g/mol. The van der Waals surface area contributed by atoms with Gasteiger partial charge in [0.1, 0.15) is 6.10 Å². The van der Waals surface area contributed by atoms with Crippen LogP contribution in [0.15, 0.2) is 30.3 Å². The van der Waals surface area contributed by atoms with E-state index in [1.807, 2.05) is 30.3 Å². The molecule has 1 aromatic rings. The zero-order chi connectivity index (χ0) is 23.3. The Bertz CT molecular complexity index is 717. The fraction of sp³-hybridized carbons (Fsp3) is 0.600. The van der Waals surface area contributed by atoms with Gasteiger partial charge in [0.2, 0.25) is 11.8 Å². The third-order valence-corrected chi connectivity index (χ3v) is 5.31. The molecular weight excluding hydrogens is 423 g/mol. The first-order valence-corrected chi connectivity index (χ1v) is 11.7. The second-order valence-electron chi connectivity index (χ2n) is 7.51. The number of nitrogens with one attached hydrogen (secondary N) is 2. The molecule has 0 aliphatic heterocycles. The van der Waals surface area contributed by atoms with Crippen molar-refractivity contribution in [1.29, 1.82) is 0 Å². The predicted octanol–water partition coefficient (Wildman–Crippen LogP) is 0.653. The van der Waals surface area contributed by atoms with Crippen LogP contribution in [0, 0.1) is 0 Å². The zero-order valence-electron chi connectivity index (χ0n) is 18.5. The Morgan fingerprint density at radius 1 is 1.19 bits per heavy atom. The van der Waals surface area contributed by atoms with E-state index in [0.717, 1.165) is 12.0 Å². The van der Waals surface area contributed by atoms with Crippen molar-refractivity contribution in [3.05, 3.63) is 35.9 Å². The maximum Gasteiger partial charge on any atom is 0.472 e. The predicted molar refractivity (Wildman–Crippen MR) is 118 cm³/mol. The molecule has 0 heterocycles. The molecule has 3 atom stereocenters. The molecule has 2 unspecified atom stereocenters. The molecule has 0 aromatic heterocycles. The van der Waals surface area contributed by atoms with Crippen LogP contribution < -0.4 is 16.4 Å². The number of nitrogens with zero attached hydrogens (tertiary/aromatic N) is 1. The quantitative estimate of drug-likeness (QED) is 0.281. The summed E-state index contributed by atoms with van der Waals surface area (Å²) in [7, 11) is -0.775. The summed E-state index contributed by atoms with van der Waals surface area (Å²) >= 11 is 0. The van der Waals surface area contributed by atoms with Crippen LogP contribution in [0.5, 0.6) is 0 Å². The van der Waals surface area contributed by atoms with Crippen molar-refractivity contribution in [3.63, 3.8) is 0 Å². The molecular formula is C20H35N4O6P. The number of phosphoric acid groups is 1. The third-order valence-electron chi connectivity index (χ3n) is 4.23. The highest BCUT2D eigenvalue weighted by Gasteiger charge is 2.27. The number of rotatable bonds is 15. The minimum atomic E-state index is -4.37. The number of carbonyl (C=O) groups is 2. The molecule has 5 N–H and O–H groups in total. The van der Waals surface area contributed by atoms with Crippen LogP contribution in [0.4, 0.5) is 0 Å². The van der Waals surface area contributed by atoms with Gasteiger partial charge < -0.3 is 26.2 Å². The lowest BCUT2D eigenvalue weighted by molar-refractivity contribution is -0.122. The first-order valence-electron chi connectivity index (χ1n) is 10.2. The molecule has 0 saturated heterocycles. The molecule has 0 spiro atoms. The van der Waals surface area contributed by atoms with Gasteiger partial charge in [-0.1, -0.05) is 30.3 Å². The summed E-state index contributed by atoms with van der Waals surface area (Å²) in [6.45, 7) is 1.77. The van der Waals surface area contributed by atoms with Gasteiger partial charge in [0, 0.05) is 26.1 Å². The van der Waals surface area contributed by atoms with E-state index in [1.54, 1.807) is 19.0 Å². The summed E-state index contributed by atoms with van der Waals surface area (Å²) in [5.74, 6) is -0.659. The fourth-order valence-corrected chi connectivity index (χ4v) is 3.39. The van der Waals surface area contributed by atoms with Crippen molar-refractivity contribution in [2.45, 2.75) is 38.3 Å². The average Bonchev–Trinajstić information content (AvgIpc) is 2.69. The Morgan fingerprint density at radius 2 is 1.84 bits per heavy atom. The van der Waals surface area contributed by atoms with E-state index >= 15 is 0 Å². The summed E-state index contributed by atoms with van der Waals surface area (Å²) in [6, 6.07) is 9.08. The van der Waals surface area contributed by atoms with Gasteiger partial charge in [-0.15, -0.1) is 0 Å². The molecule has 2 amide bonds. The topological polar surface area (TPSA) is 143 Å². The molecule has 0 aliphatic rings. The smallest absolute Gasteiger partial charge is 0.353 e. The molecule has 0 fully saturated rings.